The van der Waals surface area contributed by atoms with E-state index in [9.17, 15) is 4.79 Å². The maximum Gasteiger partial charge on any atom is 0.335 e. The number of hydrogen-bond acceptors (Lipinski definition) is 3. The summed E-state index contributed by atoms with van der Waals surface area (Å²) in [6, 6.07) is 7.11. The molecule has 1 aliphatic heterocycles. The molecule has 0 spiro atoms. The minimum absolute atomic E-state index is 0.288. The Labute approximate surface area is 107 Å². The zero-order valence-electron chi connectivity index (χ0n) is 10.4. The average Bonchev–Trinajstić information content (AvgIpc) is 2.40. The highest BCUT2D eigenvalue weighted by Gasteiger charge is 2.12. The van der Waals surface area contributed by atoms with Crippen LogP contribution in [0.5, 0.6) is 5.75 Å². The van der Waals surface area contributed by atoms with Gasteiger partial charge in [-0.2, -0.15) is 0 Å². The summed E-state index contributed by atoms with van der Waals surface area (Å²) >= 11 is 0. The van der Waals surface area contributed by atoms with Crippen LogP contribution in [0, 0.1) is 0 Å². The van der Waals surface area contributed by atoms with Crippen molar-refractivity contribution in [3.63, 3.8) is 0 Å². The van der Waals surface area contributed by atoms with Gasteiger partial charge in [-0.05, 0) is 50.1 Å². The van der Waals surface area contributed by atoms with E-state index < -0.39 is 5.97 Å². The zero-order chi connectivity index (χ0) is 12.8. The molecule has 0 bridgehead atoms. The number of carbonyl (C=O) groups is 1. The Morgan fingerprint density at radius 1 is 1.33 bits per heavy atom. The number of benzene rings is 1. The minimum atomic E-state index is -0.909. The molecule has 4 heteroatoms. The van der Waals surface area contributed by atoms with Gasteiger partial charge in [-0.15, -0.1) is 0 Å². The van der Waals surface area contributed by atoms with Gasteiger partial charge in [0.25, 0.3) is 0 Å². The molecule has 1 heterocycles. The monoisotopic (exact) mass is 249 g/mol. The Kier molecular flexibility index (Phi) is 4.59. The van der Waals surface area contributed by atoms with Crippen LogP contribution in [0.2, 0.25) is 0 Å². The smallest absolute Gasteiger partial charge is 0.335 e. The van der Waals surface area contributed by atoms with Crippen LogP contribution in [0.3, 0.4) is 0 Å². The fourth-order valence-corrected chi connectivity index (χ4v) is 2.18. The lowest BCUT2D eigenvalue weighted by Crippen LogP contribution is -2.35. The first-order valence-corrected chi connectivity index (χ1v) is 6.45. The van der Waals surface area contributed by atoms with Crippen LogP contribution in [0.25, 0.3) is 0 Å². The Balaban J connectivity index is 1.74. The van der Waals surface area contributed by atoms with Crippen molar-refractivity contribution < 1.29 is 14.6 Å². The summed E-state index contributed by atoms with van der Waals surface area (Å²) in [4.78, 5) is 10.7. The van der Waals surface area contributed by atoms with Crippen LogP contribution in [0.4, 0.5) is 0 Å². The molecule has 1 aliphatic rings. The minimum Gasteiger partial charge on any atom is -0.494 e. The molecule has 0 aromatic heterocycles. The molecule has 0 radical (unpaired) electrons. The van der Waals surface area contributed by atoms with E-state index >= 15 is 0 Å². The van der Waals surface area contributed by atoms with Crippen LogP contribution in [-0.4, -0.2) is 30.3 Å². The second-order valence-corrected chi connectivity index (χ2v) is 4.61. The SMILES string of the molecule is O=C(O)c1ccc(OCCC2CCCCN2)cc1. The van der Waals surface area contributed by atoms with Gasteiger partial charge in [-0.1, -0.05) is 6.42 Å². The number of piperidine rings is 1. The highest BCUT2D eigenvalue weighted by atomic mass is 16.5. The molecule has 2 N–H and O–H groups in total. The quantitative estimate of drug-likeness (QED) is 0.840. The molecule has 18 heavy (non-hydrogen) atoms. The van der Waals surface area contributed by atoms with E-state index in [1.54, 1.807) is 24.3 Å². The highest BCUT2D eigenvalue weighted by Crippen LogP contribution is 2.14. The van der Waals surface area contributed by atoms with E-state index in [1.165, 1.54) is 19.3 Å². The predicted molar refractivity (Wildman–Crippen MR) is 69.2 cm³/mol. The first-order chi connectivity index (χ1) is 8.75. The molecule has 1 aromatic carbocycles. The molecule has 98 valence electrons. The largest absolute Gasteiger partial charge is 0.494 e. The third kappa shape index (κ3) is 3.74. The molecule has 4 nitrogen and oxygen atoms in total. The van der Waals surface area contributed by atoms with Gasteiger partial charge in [0.05, 0.1) is 12.2 Å². The van der Waals surface area contributed by atoms with Crippen molar-refractivity contribution in [3.05, 3.63) is 29.8 Å². The molecule has 1 aromatic rings. The summed E-state index contributed by atoms with van der Waals surface area (Å²) in [5, 5.41) is 12.2. The maximum absolute atomic E-state index is 10.7. The van der Waals surface area contributed by atoms with Crippen LogP contribution < -0.4 is 10.1 Å². The summed E-state index contributed by atoms with van der Waals surface area (Å²) < 4.78 is 5.61. The summed E-state index contributed by atoms with van der Waals surface area (Å²) in [6.07, 6.45) is 4.79. The zero-order valence-corrected chi connectivity index (χ0v) is 10.4. The van der Waals surface area contributed by atoms with Crippen LogP contribution in [0.15, 0.2) is 24.3 Å². The fraction of sp³-hybridized carbons (Fsp3) is 0.500. The van der Waals surface area contributed by atoms with E-state index in [0.29, 0.717) is 12.6 Å². The normalized spacial score (nSPS) is 19.4. The van der Waals surface area contributed by atoms with E-state index in [0.717, 1.165) is 18.7 Å². The van der Waals surface area contributed by atoms with Gasteiger partial charge >= 0.3 is 5.97 Å². The van der Waals surface area contributed by atoms with E-state index in [4.69, 9.17) is 9.84 Å². The number of carboxylic acids is 1. The van der Waals surface area contributed by atoms with Crippen LogP contribution >= 0.6 is 0 Å². The Bertz CT molecular complexity index is 383. The summed E-state index contributed by atoms with van der Waals surface area (Å²) in [7, 11) is 0. The van der Waals surface area contributed by atoms with Crippen molar-refractivity contribution in [2.45, 2.75) is 31.7 Å². The van der Waals surface area contributed by atoms with Gasteiger partial charge in [0.2, 0.25) is 0 Å². The van der Waals surface area contributed by atoms with Crippen molar-refractivity contribution in [1.82, 2.24) is 5.32 Å². The number of carboxylic acid groups (broad SMARTS) is 1. The predicted octanol–water partition coefficient (Wildman–Crippen LogP) is 2.30. The molecule has 0 amide bonds. The third-order valence-electron chi connectivity index (χ3n) is 3.25. The van der Waals surface area contributed by atoms with Crippen molar-refractivity contribution in [2.24, 2.45) is 0 Å². The number of rotatable bonds is 5. The summed E-state index contributed by atoms with van der Waals surface area (Å²) in [5.41, 5.74) is 0.288. The van der Waals surface area contributed by atoms with Gasteiger partial charge in [0.15, 0.2) is 0 Å². The van der Waals surface area contributed by atoms with Crippen molar-refractivity contribution in [1.29, 1.82) is 0 Å². The first kappa shape index (κ1) is 12.9. The van der Waals surface area contributed by atoms with Gasteiger partial charge in [0.1, 0.15) is 5.75 Å². The molecular weight excluding hydrogens is 230 g/mol. The highest BCUT2D eigenvalue weighted by molar-refractivity contribution is 5.87. The number of aromatic carboxylic acids is 1. The van der Waals surface area contributed by atoms with Crippen molar-refractivity contribution >= 4 is 5.97 Å². The molecule has 1 atom stereocenters. The average molecular weight is 249 g/mol. The third-order valence-corrected chi connectivity index (χ3v) is 3.25. The number of nitrogens with one attached hydrogen (secondary N) is 1. The molecule has 1 unspecified atom stereocenters. The maximum atomic E-state index is 10.7. The lowest BCUT2D eigenvalue weighted by molar-refractivity contribution is 0.0697. The van der Waals surface area contributed by atoms with Gasteiger partial charge < -0.3 is 15.2 Å². The van der Waals surface area contributed by atoms with E-state index in [1.807, 2.05) is 0 Å². The van der Waals surface area contributed by atoms with Crippen molar-refractivity contribution in [3.8, 4) is 5.75 Å². The number of hydrogen-bond donors (Lipinski definition) is 2. The first-order valence-electron chi connectivity index (χ1n) is 6.45. The molecule has 1 saturated heterocycles. The Morgan fingerprint density at radius 2 is 2.11 bits per heavy atom. The van der Waals surface area contributed by atoms with Crippen molar-refractivity contribution in [2.75, 3.05) is 13.2 Å². The number of ether oxygens (including phenoxy) is 1. The standard InChI is InChI=1S/C14H19NO3/c16-14(17)11-4-6-13(7-5-11)18-10-8-12-3-1-2-9-15-12/h4-7,12,15H,1-3,8-10H2,(H,16,17). The lowest BCUT2D eigenvalue weighted by atomic mass is 10.0. The Morgan fingerprint density at radius 3 is 2.72 bits per heavy atom. The van der Waals surface area contributed by atoms with Gasteiger partial charge in [0, 0.05) is 6.04 Å². The fourth-order valence-electron chi connectivity index (χ4n) is 2.18. The molecule has 0 saturated carbocycles. The lowest BCUT2D eigenvalue weighted by Gasteiger charge is -2.23. The Hall–Kier alpha value is -1.55. The second kappa shape index (κ2) is 6.40. The molecule has 1 fully saturated rings. The molecule has 2 rings (SSSR count). The van der Waals surface area contributed by atoms with E-state index in [-0.39, 0.29) is 5.56 Å². The van der Waals surface area contributed by atoms with E-state index in [2.05, 4.69) is 5.32 Å². The summed E-state index contributed by atoms with van der Waals surface area (Å²) in [5.74, 6) is -0.177. The molecule has 0 aliphatic carbocycles. The van der Waals surface area contributed by atoms with Crippen LogP contribution in [0.1, 0.15) is 36.0 Å². The van der Waals surface area contributed by atoms with Gasteiger partial charge in [-0.25, -0.2) is 4.79 Å². The topological polar surface area (TPSA) is 58.6 Å². The summed E-state index contributed by atoms with van der Waals surface area (Å²) in [6.45, 7) is 1.78. The van der Waals surface area contributed by atoms with Gasteiger partial charge in [-0.3, -0.25) is 0 Å². The second-order valence-electron chi connectivity index (χ2n) is 4.61. The molecular formula is C14H19NO3. The van der Waals surface area contributed by atoms with Crippen LogP contribution in [-0.2, 0) is 0 Å².